The van der Waals surface area contributed by atoms with E-state index >= 15 is 0 Å². The van der Waals surface area contributed by atoms with Crippen molar-refractivity contribution in [1.82, 2.24) is 5.32 Å². The summed E-state index contributed by atoms with van der Waals surface area (Å²) in [6.07, 6.45) is 12.3. The molecule has 1 rings (SSSR count). The predicted octanol–water partition coefficient (Wildman–Crippen LogP) is 3.35. The van der Waals surface area contributed by atoms with E-state index in [2.05, 4.69) is 12.2 Å². The molecule has 0 saturated heterocycles. The Morgan fingerprint density at radius 3 is 2.59 bits per heavy atom. The molecule has 17 heavy (non-hydrogen) atoms. The largest absolute Gasteiger partial charge is 0.396 e. The first-order valence-electron chi connectivity index (χ1n) is 7.66. The molecule has 0 bridgehead atoms. The fourth-order valence-electron chi connectivity index (χ4n) is 2.98. The van der Waals surface area contributed by atoms with Gasteiger partial charge in [-0.15, -0.1) is 0 Å². The molecule has 0 aromatic heterocycles. The lowest BCUT2D eigenvalue weighted by molar-refractivity contribution is 0.285. The Bertz CT molecular complexity index is 172. The molecule has 0 aromatic rings. The monoisotopic (exact) mass is 241 g/mol. The molecule has 0 radical (unpaired) electrons. The number of unbranched alkanes of at least 4 members (excludes halogenated alkanes) is 1. The number of aliphatic hydroxyl groups excluding tert-OH is 1. The second kappa shape index (κ2) is 9.90. The number of hydrogen-bond acceptors (Lipinski definition) is 2. The van der Waals surface area contributed by atoms with Crippen molar-refractivity contribution < 1.29 is 5.11 Å². The van der Waals surface area contributed by atoms with Gasteiger partial charge in [-0.2, -0.15) is 0 Å². The molecule has 0 aromatic carbocycles. The van der Waals surface area contributed by atoms with E-state index < -0.39 is 0 Å². The molecule has 2 heteroatoms. The molecule has 0 heterocycles. The van der Waals surface area contributed by atoms with E-state index in [-0.39, 0.29) is 0 Å². The summed E-state index contributed by atoms with van der Waals surface area (Å²) < 4.78 is 0. The molecule has 2 atom stereocenters. The van der Waals surface area contributed by atoms with Crippen LogP contribution in [0.4, 0.5) is 0 Å². The Hall–Kier alpha value is -0.0800. The summed E-state index contributed by atoms with van der Waals surface area (Å²) in [6.45, 7) is 4.86. The highest BCUT2D eigenvalue weighted by Crippen LogP contribution is 2.31. The van der Waals surface area contributed by atoms with Gasteiger partial charge in [-0.1, -0.05) is 51.9 Å². The lowest BCUT2D eigenvalue weighted by Gasteiger charge is -2.21. The summed E-state index contributed by atoms with van der Waals surface area (Å²) in [6, 6.07) is 0. The number of hydrogen-bond donors (Lipinski definition) is 2. The topological polar surface area (TPSA) is 32.3 Å². The van der Waals surface area contributed by atoms with E-state index in [0.717, 1.165) is 31.3 Å². The van der Waals surface area contributed by atoms with Crippen molar-refractivity contribution in [2.75, 3.05) is 19.7 Å². The van der Waals surface area contributed by atoms with Gasteiger partial charge < -0.3 is 10.4 Å². The van der Waals surface area contributed by atoms with Gasteiger partial charge in [-0.3, -0.25) is 0 Å². The number of nitrogens with one attached hydrogen (secondary N) is 1. The quantitative estimate of drug-likeness (QED) is 0.504. The zero-order valence-corrected chi connectivity index (χ0v) is 11.6. The van der Waals surface area contributed by atoms with Crippen molar-refractivity contribution in [3.8, 4) is 0 Å². The van der Waals surface area contributed by atoms with Gasteiger partial charge in [0.05, 0.1) is 0 Å². The van der Waals surface area contributed by atoms with E-state index in [0.29, 0.717) is 6.61 Å². The van der Waals surface area contributed by atoms with Gasteiger partial charge in [-0.05, 0) is 37.8 Å². The zero-order valence-electron chi connectivity index (χ0n) is 11.6. The highest BCUT2D eigenvalue weighted by Gasteiger charge is 2.18. The summed E-state index contributed by atoms with van der Waals surface area (Å²) in [7, 11) is 0. The van der Waals surface area contributed by atoms with Crippen LogP contribution in [0.3, 0.4) is 0 Å². The van der Waals surface area contributed by atoms with Crippen LogP contribution in [-0.2, 0) is 0 Å². The summed E-state index contributed by atoms with van der Waals surface area (Å²) in [5.41, 5.74) is 0. The Morgan fingerprint density at radius 1 is 1.00 bits per heavy atom. The summed E-state index contributed by atoms with van der Waals surface area (Å²) >= 11 is 0. The van der Waals surface area contributed by atoms with Crippen molar-refractivity contribution in [3.63, 3.8) is 0 Å². The zero-order chi connectivity index (χ0) is 12.3. The maximum atomic E-state index is 8.65. The third-order valence-corrected chi connectivity index (χ3v) is 4.23. The van der Waals surface area contributed by atoms with Crippen molar-refractivity contribution in [3.05, 3.63) is 0 Å². The van der Waals surface area contributed by atoms with Gasteiger partial charge in [0, 0.05) is 6.61 Å². The molecule has 2 nitrogen and oxygen atoms in total. The lowest BCUT2D eigenvalue weighted by atomic mass is 9.85. The molecule has 0 amide bonds. The van der Waals surface area contributed by atoms with E-state index in [1.807, 2.05) is 0 Å². The molecule has 0 aliphatic heterocycles. The van der Waals surface area contributed by atoms with Crippen LogP contribution < -0.4 is 5.32 Å². The van der Waals surface area contributed by atoms with E-state index in [9.17, 15) is 0 Å². The fraction of sp³-hybridized carbons (Fsp3) is 1.00. The van der Waals surface area contributed by atoms with Gasteiger partial charge in [0.15, 0.2) is 0 Å². The smallest absolute Gasteiger partial charge is 0.0443 e. The van der Waals surface area contributed by atoms with E-state index in [4.69, 9.17) is 5.11 Å². The van der Waals surface area contributed by atoms with Crippen LogP contribution in [0.2, 0.25) is 0 Å². The summed E-state index contributed by atoms with van der Waals surface area (Å²) in [5.74, 6) is 1.95. The van der Waals surface area contributed by atoms with Crippen LogP contribution in [0.15, 0.2) is 0 Å². The lowest BCUT2D eigenvalue weighted by Crippen LogP contribution is -2.18. The number of aliphatic hydroxyl groups is 1. The summed E-state index contributed by atoms with van der Waals surface area (Å²) in [5, 5.41) is 12.0. The van der Waals surface area contributed by atoms with Crippen LogP contribution >= 0.6 is 0 Å². The fourth-order valence-corrected chi connectivity index (χ4v) is 2.98. The first-order chi connectivity index (χ1) is 8.34. The van der Waals surface area contributed by atoms with E-state index in [1.165, 1.54) is 51.4 Å². The van der Waals surface area contributed by atoms with Crippen molar-refractivity contribution in [2.24, 2.45) is 11.8 Å². The molecule has 102 valence electrons. The minimum Gasteiger partial charge on any atom is -0.396 e. The highest BCUT2D eigenvalue weighted by atomic mass is 16.3. The molecular weight excluding hydrogens is 210 g/mol. The Kier molecular flexibility index (Phi) is 8.72. The Balaban J connectivity index is 1.97. The van der Waals surface area contributed by atoms with Gasteiger partial charge in [0.25, 0.3) is 0 Å². The molecular formula is C15H31NO. The standard InChI is InChI=1S/C15H31NO/c1-14-8-3-2-4-9-15(14)10-5-6-11-16-12-7-13-17/h14-17H,2-13H2,1H3. The Morgan fingerprint density at radius 2 is 1.76 bits per heavy atom. The minimum atomic E-state index is 0.312. The molecule has 2 N–H and O–H groups in total. The third-order valence-electron chi connectivity index (χ3n) is 4.23. The van der Waals surface area contributed by atoms with E-state index in [1.54, 1.807) is 0 Å². The van der Waals surface area contributed by atoms with Crippen LogP contribution in [0.1, 0.15) is 64.7 Å². The SMILES string of the molecule is CC1CCCCCC1CCCCNCCCO. The first kappa shape index (κ1) is 15.0. The van der Waals surface area contributed by atoms with Gasteiger partial charge in [0.1, 0.15) is 0 Å². The molecule has 2 unspecified atom stereocenters. The molecule has 0 spiro atoms. The van der Waals surface area contributed by atoms with Crippen LogP contribution in [0, 0.1) is 11.8 Å². The van der Waals surface area contributed by atoms with Crippen LogP contribution in [0.25, 0.3) is 0 Å². The maximum absolute atomic E-state index is 8.65. The Labute approximate surface area is 107 Å². The maximum Gasteiger partial charge on any atom is 0.0443 e. The van der Waals surface area contributed by atoms with Gasteiger partial charge in [-0.25, -0.2) is 0 Å². The van der Waals surface area contributed by atoms with Crippen molar-refractivity contribution >= 4 is 0 Å². The predicted molar refractivity (Wildman–Crippen MR) is 74.2 cm³/mol. The van der Waals surface area contributed by atoms with Crippen LogP contribution in [-0.4, -0.2) is 24.8 Å². The first-order valence-corrected chi connectivity index (χ1v) is 7.66. The minimum absolute atomic E-state index is 0.312. The number of rotatable bonds is 8. The average molecular weight is 241 g/mol. The van der Waals surface area contributed by atoms with Gasteiger partial charge >= 0.3 is 0 Å². The summed E-state index contributed by atoms with van der Waals surface area (Å²) in [4.78, 5) is 0. The molecule has 1 fully saturated rings. The highest BCUT2D eigenvalue weighted by molar-refractivity contribution is 4.71. The normalized spacial score (nSPS) is 25.8. The van der Waals surface area contributed by atoms with Crippen molar-refractivity contribution in [1.29, 1.82) is 0 Å². The van der Waals surface area contributed by atoms with Crippen LogP contribution in [0.5, 0.6) is 0 Å². The molecule has 1 aliphatic rings. The molecule has 1 aliphatic carbocycles. The second-order valence-electron chi connectivity index (χ2n) is 5.70. The molecule has 1 saturated carbocycles. The van der Waals surface area contributed by atoms with Gasteiger partial charge in [0.2, 0.25) is 0 Å². The second-order valence-corrected chi connectivity index (χ2v) is 5.70. The third kappa shape index (κ3) is 7.05. The average Bonchev–Trinajstić information content (AvgIpc) is 2.53. The van der Waals surface area contributed by atoms with Crippen molar-refractivity contribution in [2.45, 2.75) is 64.7 Å².